The normalized spacial score (nSPS) is 11.5. The van der Waals surface area contributed by atoms with Crippen LogP contribution in [0.25, 0.3) is 34.7 Å². The van der Waals surface area contributed by atoms with E-state index in [1.807, 2.05) is 41.8 Å². The van der Waals surface area contributed by atoms with Crippen LogP contribution in [0.2, 0.25) is 0 Å². The van der Waals surface area contributed by atoms with Gasteiger partial charge >= 0.3 is 0 Å². The van der Waals surface area contributed by atoms with E-state index in [1.165, 1.54) is 0 Å². The van der Waals surface area contributed by atoms with E-state index < -0.39 is 0 Å². The molecule has 9 heteroatoms. The molecule has 0 atom stereocenters. The van der Waals surface area contributed by atoms with E-state index in [2.05, 4.69) is 30.2 Å². The average molecular weight is 318 g/mol. The maximum atomic E-state index is 5.32. The Morgan fingerprint density at radius 3 is 2.92 bits per heavy atom. The van der Waals surface area contributed by atoms with E-state index in [1.54, 1.807) is 16.9 Å². The molecular weight excluding hydrogens is 308 g/mol. The SMILES string of the molecule is Cc1ccnc2nc(-c3nc(-c4cnc5ccccn45)no3)nn12. The molecule has 0 bridgehead atoms. The molecule has 0 unspecified atom stereocenters. The van der Waals surface area contributed by atoms with Gasteiger partial charge in [0.05, 0.1) is 6.20 Å². The van der Waals surface area contributed by atoms with Crippen LogP contribution in [-0.2, 0) is 0 Å². The number of hydrogen-bond donors (Lipinski definition) is 0. The summed E-state index contributed by atoms with van der Waals surface area (Å²) in [4.78, 5) is 17.2. The van der Waals surface area contributed by atoms with E-state index in [0.29, 0.717) is 17.4 Å². The molecule has 5 aromatic heterocycles. The highest BCUT2D eigenvalue weighted by atomic mass is 16.5. The number of nitrogens with zero attached hydrogens (tertiary/aromatic N) is 8. The van der Waals surface area contributed by atoms with E-state index in [-0.39, 0.29) is 5.89 Å². The lowest BCUT2D eigenvalue weighted by atomic mass is 10.4. The molecule has 0 fully saturated rings. The second kappa shape index (κ2) is 4.69. The summed E-state index contributed by atoms with van der Waals surface area (Å²) >= 11 is 0. The summed E-state index contributed by atoms with van der Waals surface area (Å²) < 4.78 is 8.84. The van der Waals surface area contributed by atoms with Crippen molar-refractivity contribution in [3.05, 3.63) is 48.5 Å². The van der Waals surface area contributed by atoms with Crippen LogP contribution in [0.1, 0.15) is 5.69 Å². The molecule has 116 valence electrons. The topological polar surface area (TPSA) is 99.3 Å². The molecule has 0 aliphatic rings. The third-order valence-electron chi connectivity index (χ3n) is 3.69. The van der Waals surface area contributed by atoms with Crippen molar-refractivity contribution in [3.8, 4) is 23.2 Å². The first kappa shape index (κ1) is 12.9. The summed E-state index contributed by atoms with van der Waals surface area (Å²) in [5, 5.41) is 8.39. The Morgan fingerprint density at radius 2 is 2.00 bits per heavy atom. The minimum absolute atomic E-state index is 0.237. The van der Waals surface area contributed by atoms with Gasteiger partial charge in [-0.15, -0.1) is 5.10 Å². The molecule has 0 aliphatic carbocycles. The van der Waals surface area contributed by atoms with Crippen molar-refractivity contribution in [3.63, 3.8) is 0 Å². The second-order valence-corrected chi connectivity index (χ2v) is 5.23. The van der Waals surface area contributed by atoms with Crippen molar-refractivity contribution in [2.24, 2.45) is 0 Å². The van der Waals surface area contributed by atoms with E-state index in [0.717, 1.165) is 17.0 Å². The fourth-order valence-corrected chi connectivity index (χ4v) is 2.51. The lowest BCUT2D eigenvalue weighted by molar-refractivity contribution is 0.429. The zero-order valence-corrected chi connectivity index (χ0v) is 12.5. The number of aromatic nitrogens is 8. The molecule has 0 radical (unpaired) electrons. The highest BCUT2D eigenvalue weighted by Crippen LogP contribution is 2.21. The molecule has 5 rings (SSSR count). The summed E-state index contributed by atoms with van der Waals surface area (Å²) in [6.07, 6.45) is 5.28. The van der Waals surface area contributed by atoms with Crippen LogP contribution in [0.15, 0.2) is 47.4 Å². The van der Waals surface area contributed by atoms with Crippen LogP contribution >= 0.6 is 0 Å². The Morgan fingerprint density at radius 1 is 1.04 bits per heavy atom. The standard InChI is InChI=1S/C15H10N8O/c1-9-5-6-16-15-19-13(20-23(9)15)14-18-12(21-24-14)10-8-17-11-4-2-3-7-22(10)11/h2-8H,1H3. The lowest BCUT2D eigenvalue weighted by Gasteiger charge is -1.94. The number of rotatable bonds is 2. The molecule has 24 heavy (non-hydrogen) atoms. The Balaban J connectivity index is 1.62. The van der Waals surface area contributed by atoms with Gasteiger partial charge in [0.25, 0.3) is 11.7 Å². The Hall–Kier alpha value is -3.62. The average Bonchev–Trinajstić information content (AvgIpc) is 3.32. The molecule has 0 aliphatic heterocycles. The van der Waals surface area contributed by atoms with Crippen molar-refractivity contribution in [2.75, 3.05) is 0 Å². The first-order valence-electron chi connectivity index (χ1n) is 7.24. The van der Waals surface area contributed by atoms with Gasteiger partial charge in [0, 0.05) is 18.1 Å². The predicted molar refractivity (Wildman–Crippen MR) is 83.0 cm³/mol. The Labute approximate surface area is 134 Å². The molecule has 0 N–H and O–H groups in total. The number of imidazole rings is 1. The highest BCUT2D eigenvalue weighted by Gasteiger charge is 2.18. The first-order chi connectivity index (χ1) is 11.8. The summed E-state index contributed by atoms with van der Waals surface area (Å²) in [5.41, 5.74) is 2.46. The van der Waals surface area contributed by atoms with Crippen LogP contribution in [0.5, 0.6) is 0 Å². The summed E-state index contributed by atoms with van der Waals surface area (Å²) in [5.74, 6) is 1.48. The van der Waals surface area contributed by atoms with Crippen molar-refractivity contribution in [1.82, 2.24) is 39.1 Å². The van der Waals surface area contributed by atoms with E-state index >= 15 is 0 Å². The molecule has 0 amide bonds. The van der Waals surface area contributed by atoms with Gasteiger partial charge in [0.2, 0.25) is 11.6 Å². The number of hydrogen-bond acceptors (Lipinski definition) is 7. The zero-order valence-electron chi connectivity index (χ0n) is 12.5. The van der Waals surface area contributed by atoms with Gasteiger partial charge in [-0.2, -0.15) is 9.97 Å². The third-order valence-corrected chi connectivity index (χ3v) is 3.69. The van der Waals surface area contributed by atoms with Crippen molar-refractivity contribution < 1.29 is 4.52 Å². The van der Waals surface area contributed by atoms with Crippen LogP contribution in [0.3, 0.4) is 0 Å². The number of aryl methyl sites for hydroxylation is 1. The van der Waals surface area contributed by atoms with Gasteiger partial charge in [-0.3, -0.25) is 4.40 Å². The van der Waals surface area contributed by atoms with Crippen LogP contribution in [-0.4, -0.2) is 39.1 Å². The van der Waals surface area contributed by atoms with Gasteiger partial charge in [-0.05, 0) is 25.1 Å². The molecule has 5 heterocycles. The van der Waals surface area contributed by atoms with Crippen molar-refractivity contribution >= 4 is 11.4 Å². The minimum atomic E-state index is 0.237. The molecule has 0 spiro atoms. The summed E-state index contributed by atoms with van der Waals surface area (Å²) in [6, 6.07) is 7.59. The Kier molecular flexibility index (Phi) is 2.51. The monoisotopic (exact) mass is 318 g/mol. The molecule has 9 nitrogen and oxygen atoms in total. The summed E-state index contributed by atoms with van der Waals surface area (Å²) in [7, 11) is 0. The quantitative estimate of drug-likeness (QED) is 0.489. The third kappa shape index (κ3) is 1.81. The number of pyridine rings is 1. The van der Waals surface area contributed by atoms with E-state index in [4.69, 9.17) is 4.52 Å². The zero-order chi connectivity index (χ0) is 16.1. The maximum absolute atomic E-state index is 5.32. The molecule has 0 saturated carbocycles. The lowest BCUT2D eigenvalue weighted by Crippen LogP contribution is -1.94. The van der Waals surface area contributed by atoms with Gasteiger partial charge < -0.3 is 4.52 Å². The van der Waals surface area contributed by atoms with E-state index in [9.17, 15) is 0 Å². The fraction of sp³-hybridized carbons (Fsp3) is 0.0667. The van der Waals surface area contributed by atoms with Gasteiger partial charge in [0.15, 0.2) is 0 Å². The summed E-state index contributed by atoms with van der Waals surface area (Å²) in [6.45, 7) is 1.92. The molecular formula is C15H10N8O. The van der Waals surface area contributed by atoms with Gasteiger partial charge in [-0.1, -0.05) is 11.2 Å². The highest BCUT2D eigenvalue weighted by molar-refractivity contribution is 5.58. The van der Waals surface area contributed by atoms with Crippen molar-refractivity contribution in [2.45, 2.75) is 6.92 Å². The second-order valence-electron chi connectivity index (χ2n) is 5.23. The van der Waals surface area contributed by atoms with Crippen molar-refractivity contribution in [1.29, 1.82) is 0 Å². The molecule has 0 saturated heterocycles. The largest absolute Gasteiger partial charge is 0.330 e. The number of fused-ring (bicyclic) bond motifs is 2. The van der Waals surface area contributed by atoms with Gasteiger partial charge in [0.1, 0.15) is 11.3 Å². The fourth-order valence-electron chi connectivity index (χ4n) is 2.51. The van der Waals surface area contributed by atoms with Crippen LogP contribution in [0.4, 0.5) is 0 Å². The maximum Gasteiger partial charge on any atom is 0.298 e. The molecule has 5 aromatic rings. The van der Waals surface area contributed by atoms with Crippen LogP contribution < -0.4 is 0 Å². The first-order valence-corrected chi connectivity index (χ1v) is 7.24. The smallest absolute Gasteiger partial charge is 0.298 e. The molecule has 0 aromatic carbocycles. The Bertz CT molecular complexity index is 1180. The predicted octanol–water partition coefficient (Wildman–Crippen LogP) is 1.80. The van der Waals surface area contributed by atoms with Gasteiger partial charge in [-0.25, -0.2) is 14.5 Å². The minimum Gasteiger partial charge on any atom is -0.330 e. The van der Waals surface area contributed by atoms with Crippen LogP contribution in [0, 0.1) is 6.92 Å².